The highest BCUT2D eigenvalue weighted by Crippen LogP contribution is 2.45. The summed E-state index contributed by atoms with van der Waals surface area (Å²) in [5.74, 6) is 0.540. The molecule has 0 unspecified atom stereocenters. The van der Waals surface area contributed by atoms with Crippen molar-refractivity contribution in [3.8, 4) is 0 Å². The summed E-state index contributed by atoms with van der Waals surface area (Å²) in [7, 11) is 0.135. The highest BCUT2D eigenvalue weighted by molar-refractivity contribution is 6.91. The largest absolute Gasteiger partial charge is 0.436 e. The van der Waals surface area contributed by atoms with E-state index in [4.69, 9.17) is 56.5 Å². The van der Waals surface area contributed by atoms with Gasteiger partial charge in [-0.1, -0.05) is 83.1 Å². The molecule has 12 nitrogen and oxygen atoms in total. The first-order valence-electron chi connectivity index (χ1n) is 26.0. The van der Waals surface area contributed by atoms with E-state index in [0.29, 0.717) is 65.3 Å². The van der Waals surface area contributed by atoms with Crippen molar-refractivity contribution < 1.29 is 49.4 Å². The second-order valence-electron chi connectivity index (χ2n) is 26.2. The predicted octanol–water partition coefficient (Wildman–Crippen LogP) is 13.2. The van der Waals surface area contributed by atoms with Crippen molar-refractivity contribution in [2.24, 2.45) is 0 Å². The number of likely N-dealkylation sites (N-methyl/N-ethyl adjacent to an activating group) is 1. The van der Waals surface area contributed by atoms with Crippen molar-refractivity contribution in [3.63, 3.8) is 0 Å². The smallest absolute Gasteiger partial charge is 0.314 e. The summed E-state index contributed by atoms with van der Waals surface area (Å²) < 4.78 is 60.4. The van der Waals surface area contributed by atoms with Crippen molar-refractivity contribution >= 4 is 62.0 Å². The summed E-state index contributed by atoms with van der Waals surface area (Å²) in [4.78, 5) is 2.26. The topological polar surface area (TPSA) is 95.5 Å². The fourth-order valence-electron chi connectivity index (χ4n) is 5.97. The Kier molecular flexibility index (Phi) is 35.9. The first kappa shape index (κ1) is 74.4. The third-order valence-corrected chi connectivity index (χ3v) is 46.6. The molecule has 0 aromatic heterocycles. The molecule has 0 N–H and O–H groups in total. The molecule has 0 spiro atoms. The minimum absolute atomic E-state index is 0.179. The SMILES string of the molecule is CN(C)CCC[Si](C)(O[Si](C)(C)C(C)(C)C)O[Si](C)(C)C(C)(C)C.COCCOCCOCCCl.COCCOCCOCC[N+](C)(C)CCC[Si](C)(O[Si](C)(C)C(C)(C)C)O[Si](C)(C)C(C)(C)C. The average molecular weight is 1110 g/mol. The van der Waals surface area contributed by atoms with Crippen molar-refractivity contribution in [1.82, 2.24) is 4.90 Å². The Balaban J connectivity index is -0.00000107. The molecule has 0 aromatic rings. The highest BCUT2D eigenvalue weighted by Gasteiger charge is 2.51. The van der Waals surface area contributed by atoms with Crippen LogP contribution in [0.25, 0.3) is 0 Å². The number of alkyl halides is 1. The summed E-state index contributed by atoms with van der Waals surface area (Å²) in [5.41, 5.74) is 0. The van der Waals surface area contributed by atoms with E-state index in [9.17, 15) is 0 Å². The van der Waals surface area contributed by atoms with E-state index in [-0.39, 0.29) is 20.2 Å². The van der Waals surface area contributed by atoms with Gasteiger partial charge in [0.15, 0.2) is 33.3 Å². The summed E-state index contributed by atoms with van der Waals surface area (Å²) in [5, 5.41) is 0.801. The molecule has 0 radical (unpaired) electrons. The van der Waals surface area contributed by atoms with E-state index in [1.807, 2.05) is 0 Å². The van der Waals surface area contributed by atoms with Crippen LogP contribution < -0.4 is 0 Å². The molecule has 0 aromatic carbocycles. The number of methoxy groups -OCH3 is 2. The van der Waals surface area contributed by atoms with Gasteiger partial charge in [-0.3, -0.25) is 0 Å². The maximum Gasteiger partial charge on any atom is 0.314 e. The Labute approximate surface area is 441 Å². The minimum atomic E-state index is -2.34. The zero-order valence-electron chi connectivity index (χ0n) is 51.1. The number of hydrogen-bond donors (Lipinski definition) is 0. The Morgan fingerprint density at radius 3 is 0.957 bits per heavy atom. The Bertz CT molecular complexity index is 1240. The molecule has 0 bridgehead atoms. The number of quaternary nitrogens is 1. The van der Waals surface area contributed by atoms with Gasteiger partial charge in [0.25, 0.3) is 0 Å². The van der Waals surface area contributed by atoms with Gasteiger partial charge in [-0.05, 0) is 131 Å². The molecule has 0 aliphatic rings. The zero-order valence-corrected chi connectivity index (χ0v) is 57.8. The van der Waals surface area contributed by atoms with Crippen molar-refractivity contribution in [2.75, 3.05) is 134 Å². The van der Waals surface area contributed by atoms with Crippen LogP contribution in [-0.4, -0.2) is 194 Å². The Morgan fingerprint density at radius 2 is 0.681 bits per heavy atom. The van der Waals surface area contributed by atoms with Gasteiger partial charge in [-0.2, -0.15) is 0 Å². The van der Waals surface area contributed by atoms with Crippen LogP contribution >= 0.6 is 11.6 Å². The van der Waals surface area contributed by atoms with Gasteiger partial charge >= 0.3 is 17.1 Å². The molecule has 0 aliphatic carbocycles. The predicted molar refractivity (Wildman–Crippen MR) is 313 cm³/mol. The van der Waals surface area contributed by atoms with Crippen LogP contribution in [0.4, 0.5) is 0 Å². The monoisotopic (exact) mass is 1110 g/mol. The molecular formula is C50H120ClN2O10Si6+. The summed E-state index contributed by atoms with van der Waals surface area (Å²) >= 11 is 5.38. The lowest BCUT2D eigenvalue weighted by Gasteiger charge is -2.48. The second kappa shape index (κ2) is 33.3. The minimum Gasteiger partial charge on any atom is -0.436 e. The summed E-state index contributed by atoms with van der Waals surface area (Å²) in [6.07, 6.45) is 2.26. The van der Waals surface area contributed by atoms with Crippen LogP contribution in [0, 0.1) is 0 Å². The molecule has 0 rings (SSSR count). The van der Waals surface area contributed by atoms with Crippen molar-refractivity contribution in [3.05, 3.63) is 0 Å². The van der Waals surface area contributed by atoms with Crippen LogP contribution in [0.3, 0.4) is 0 Å². The normalized spacial score (nSPS) is 14.2. The average Bonchev–Trinajstić information content (AvgIpc) is 3.13. The van der Waals surface area contributed by atoms with Gasteiger partial charge in [0.1, 0.15) is 6.54 Å². The van der Waals surface area contributed by atoms with E-state index in [1.165, 1.54) is 0 Å². The molecule has 0 heterocycles. The lowest BCUT2D eigenvalue weighted by molar-refractivity contribution is -0.890. The third-order valence-electron chi connectivity index (χ3n) is 14.4. The van der Waals surface area contributed by atoms with Gasteiger partial charge < -0.3 is 54.3 Å². The van der Waals surface area contributed by atoms with Gasteiger partial charge in [0, 0.05) is 20.1 Å². The molecular weight excluding hydrogens is 993 g/mol. The number of nitrogens with zero attached hydrogens (tertiary/aromatic N) is 2. The van der Waals surface area contributed by atoms with E-state index >= 15 is 0 Å². The van der Waals surface area contributed by atoms with Crippen LogP contribution in [0.15, 0.2) is 0 Å². The van der Waals surface area contributed by atoms with Crippen LogP contribution in [0.5, 0.6) is 0 Å². The molecule has 0 atom stereocenters. The maximum absolute atomic E-state index is 7.12. The van der Waals surface area contributed by atoms with Crippen LogP contribution in [0.2, 0.25) is 97.7 Å². The molecule has 0 saturated heterocycles. The number of hydrogen-bond acceptors (Lipinski definition) is 11. The highest BCUT2D eigenvalue weighted by atomic mass is 35.5. The lowest BCUT2D eigenvalue weighted by atomic mass is 10.2. The Hall–Kier alpha value is 1.11. The van der Waals surface area contributed by atoms with Crippen LogP contribution in [0.1, 0.15) is 95.9 Å². The van der Waals surface area contributed by atoms with E-state index < -0.39 is 50.4 Å². The second-order valence-corrected chi connectivity index (χ2v) is 53.5. The van der Waals surface area contributed by atoms with Gasteiger partial charge in [-0.25, -0.2) is 0 Å². The van der Waals surface area contributed by atoms with E-state index in [2.05, 4.69) is 182 Å². The van der Waals surface area contributed by atoms with Gasteiger partial charge in [0.2, 0.25) is 0 Å². The molecule has 420 valence electrons. The molecule has 0 fully saturated rings. The van der Waals surface area contributed by atoms with E-state index in [1.54, 1.807) is 14.2 Å². The first-order chi connectivity index (χ1) is 30.9. The fourth-order valence-corrected chi connectivity index (χ4v) is 32.6. The molecule has 0 aliphatic heterocycles. The quantitative estimate of drug-likeness (QED) is 0.0272. The Morgan fingerprint density at radius 1 is 0.406 bits per heavy atom. The van der Waals surface area contributed by atoms with Gasteiger partial charge in [0.05, 0.1) is 86.7 Å². The summed E-state index contributed by atoms with van der Waals surface area (Å²) in [6, 6.07) is 2.13. The van der Waals surface area contributed by atoms with Crippen molar-refractivity contribution in [1.29, 1.82) is 0 Å². The lowest BCUT2D eigenvalue weighted by Crippen LogP contribution is -2.59. The van der Waals surface area contributed by atoms with E-state index in [0.717, 1.165) is 55.7 Å². The molecule has 19 heteroatoms. The fraction of sp³-hybridized carbons (Fsp3) is 1.00. The van der Waals surface area contributed by atoms with Crippen molar-refractivity contribution in [2.45, 2.75) is 194 Å². The number of halogens is 1. The molecule has 0 saturated carbocycles. The van der Waals surface area contributed by atoms with Gasteiger partial charge in [-0.15, -0.1) is 11.6 Å². The zero-order chi connectivity index (χ0) is 54.9. The third kappa shape index (κ3) is 34.4. The standard InChI is InChI=1S/C25H60NO5Si3.C18H45NO2Si3.C7H15ClO3/c1-24(2,3)32(10,11)30-34(14,31-33(12,13)25(4,5)6)23-15-16-26(7,8)17-18-28-21-22-29-20-19-27-9;1-17(2,3)22(9,10)20-24(13,16-14-15-19(7)8)21-23(11,12)18(4,5)6;1-9-4-5-11-7-6-10-3-2-8/h15-23H2,1-14H3;14-16H2,1-13H3;2-7H2,1H3/q+1;;. The maximum atomic E-state index is 7.12. The number of ether oxygens (including phenoxy) is 6. The first-order valence-corrected chi connectivity index (χ1v) is 43.3. The molecule has 69 heavy (non-hydrogen) atoms. The number of rotatable bonds is 33. The summed E-state index contributed by atoms with van der Waals surface area (Å²) in [6.45, 7) is 60.9. The molecule has 0 amide bonds. The van der Waals surface area contributed by atoms with Crippen LogP contribution in [-0.2, 0) is 44.9 Å².